The molecule has 1 unspecified atom stereocenters. The summed E-state index contributed by atoms with van der Waals surface area (Å²) in [5.74, 6) is 0.605. The van der Waals surface area contributed by atoms with Gasteiger partial charge in [0, 0.05) is 17.2 Å². The fourth-order valence-corrected chi connectivity index (χ4v) is 3.97. The summed E-state index contributed by atoms with van der Waals surface area (Å²) in [6.45, 7) is 0.982. The topological polar surface area (TPSA) is 46.6 Å². The molecule has 2 aromatic carbocycles. The number of carbonyl (C=O) groups excluding carboxylic acids is 1. The number of cyclic esters (lactones) is 1. The third-order valence-electron chi connectivity index (χ3n) is 4.14. The van der Waals surface area contributed by atoms with E-state index in [1.165, 1.54) is 0 Å². The Morgan fingerprint density at radius 1 is 1.04 bits per heavy atom. The quantitative estimate of drug-likeness (QED) is 0.772. The Balaban J connectivity index is 1.52. The highest BCUT2D eigenvalue weighted by molar-refractivity contribution is 7.85. The molecule has 0 aromatic heterocycles. The second-order valence-corrected chi connectivity index (χ2v) is 7.42. The van der Waals surface area contributed by atoms with E-state index in [1.54, 1.807) is 4.90 Å². The molecule has 24 heavy (non-hydrogen) atoms. The number of ether oxygens (including phenoxy) is 1. The second kappa shape index (κ2) is 8.11. The van der Waals surface area contributed by atoms with Crippen LogP contribution in [0.1, 0.15) is 18.4 Å². The SMILES string of the molecule is O=C1OC[C@H](CCCS(=O)c2ccccc2)N1Cc1ccccc1. The first kappa shape index (κ1) is 16.7. The van der Waals surface area contributed by atoms with Gasteiger partial charge in [0.2, 0.25) is 0 Å². The molecule has 1 amide bonds. The minimum atomic E-state index is -0.986. The lowest BCUT2D eigenvalue weighted by Gasteiger charge is -2.21. The average Bonchev–Trinajstić information content (AvgIpc) is 2.97. The van der Waals surface area contributed by atoms with E-state index >= 15 is 0 Å². The van der Waals surface area contributed by atoms with Gasteiger partial charge in [-0.15, -0.1) is 0 Å². The number of hydrogen-bond acceptors (Lipinski definition) is 3. The summed E-state index contributed by atoms with van der Waals surface area (Å²) < 4.78 is 17.5. The number of nitrogens with zero attached hydrogens (tertiary/aromatic N) is 1. The Labute approximate surface area is 144 Å². The van der Waals surface area contributed by atoms with Crippen LogP contribution >= 0.6 is 0 Å². The number of carbonyl (C=O) groups is 1. The molecule has 1 saturated heterocycles. The van der Waals surface area contributed by atoms with Gasteiger partial charge < -0.3 is 4.74 Å². The van der Waals surface area contributed by atoms with Crippen LogP contribution in [0.4, 0.5) is 4.79 Å². The fraction of sp³-hybridized carbons (Fsp3) is 0.316. The van der Waals surface area contributed by atoms with Crippen LogP contribution in [0.15, 0.2) is 65.6 Å². The van der Waals surface area contributed by atoms with E-state index in [9.17, 15) is 9.00 Å². The minimum Gasteiger partial charge on any atom is -0.447 e. The molecule has 0 N–H and O–H groups in total. The van der Waals surface area contributed by atoms with E-state index in [-0.39, 0.29) is 12.1 Å². The summed E-state index contributed by atoms with van der Waals surface area (Å²) in [5.41, 5.74) is 1.09. The monoisotopic (exact) mass is 343 g/mol. The highest BCUT2D eigenvalue weighted by Gasteiger charge is 2.32. The van der Waals surface area contributed by atoms with Gasteiger partial charge in [-0.1, -0.05) is 48.5 Å². The van der Waals surface area contributed by atoms with E-state index < -0.39 is 10.8 Å². The molecule has 126 valence electrons. The fourth-order valence-electron chi connectivity index (χ4n) is 2.84. The van der Waals surface area contributed by atoms with Crippen molar-refractivity contribution in [1.29, 1.82) is 0 Å². The van der Waals surface area contributed by atoms with Crippen molar-refractivity contribution >= 4 is 16.9 Å². The van der Waals surface area contributed by atoms with Gasteiger partial charge in [-0.3, -0.25) is 9.11 Å². The first-order chi connectivity index (χ1) is 11.7. The lowest BCUT2D eigenvalue weighted by Crippen LogP contribution is -2.33. The average molecular weight is 343 g/mol. The number of benzene rings is 2. The van der Waals surface area contributed by atoms with Gasteiger partial charge >= 0.3 is 6.09 Å². The lowest BCUT2D eigenvalue weighted by atomic mass is 10.1. The first-order valence-electron chi connectivity index (χ1n) is 8.15. The van der Waals surface area contributed by atoms with Gasteiger partial charge in [0.15, 0.2) is 0 Å². The van der Waals surface area contributed by atoms with Crippen LogP contribution < -0.4 is 0 Å². The molecule has 1 heterocycles. The molecule has 2 atom stereocenters. The lowest BCUT2D eigenvalue weighted by molar-refractivity contribution is 0.156. The molecule has 1 aliphatic rings. The zero-order valence-corrected chi connectivity index (χ0v) is 14.3. The van der Waals surface area contributed by atoms with Crippen molar-refractivity contribution in [3.05, 3.63) is 66.2 Å². The van der Waals surface area contributed by atoms with Gasteiger partial charge in [-0.25, -0.2) is 4.79 Å². The Hall–Kier alpha value is -2.14. The molecule has 0 saturated carbocycles. The largest absolute Gasteiger partial charge is 0.447 e. The number of hydrogen-bond donors (Lipinski definition) is 0. The highest BCUT2D eigenvalue weighted by atomic mass is 32.2. The van der Waals surface area contributed by atoms with Crippen molar-refractivity contribution in [3.63, 3.8) is 0 Å². The van der Waals surface area contributed by atoms with Crippen LogP contribution in [0.5, 0.6) is 0 Å². The van der Waals surface area contributed by atoms with Gasteiger partial charge in [0.25, 0.3) is 0 Å². The molecule has 0 radical (unpaired) electrons. The zero-order valence-electron chi connectivity index (χ0n) is 13.5. The van der Waals surface area contributed by atoms with E-state index in [0.717, 1.165) is 23.3 Å². The standard InChI is InChI=1S/C19H21NO3S/c21-19-20(14-16-8-3-1-4-9-16)17(15-23-19)10-7-13-24(22)18-11-5-2-6-12-18/h1-6,8-9,11-12,17H,7,10,13-15H2/t17-,24?/m0/s1. The van der Waals surface area contributed by atoms with Crippen molar-refractivity contribution in [2.24, 2.45) is 0 Å². The van der Waals surface area contributed by atoms with Crippen molar-refractivity contribution in [2.45, 2.75) is 30.3 Å². The molecule has 3 rings (SSSR count). The van der Waals surface area contributed by atoms with E-state index in [0.29, 0.717) is 18.9 Å². The predicted octanol–water partition coefficient (Wildman–Crippen LogP) is 3.60. The van der Waals surface area contributed by atoms with Crippen LogP contribution in [0.3, 0.4) is 0 Å². The third-order valence-corrected chi connectivity index (χ3v) is 5.60. The smallest absolute Gasteiger partial charge is 0.410 e. The van der Waals surface area contributed by atoms with Crippen LogP contribution in [0.2, 0.25) is 0 Å². The molecule has 0 bridgehead atoms. The first-order valence-corrected chi connectivity index (χ1v) is 9.46. The molecule has 1 aliphatic heterocycles. The number of rotatable bonds is 7. The maximum absolute atomic E-state index is 12.3. The Bertz CT molecular complexity index is 690. The molecule has 5 heteroatoms. The molecule has 1 fully saturated rings. The van der Waals surface area contributed by atoms with Crippen LogP contribution in [-0.4, -0.2) is 33.6 Å². The van der Waals surface area contributed by atoms with E-state index in [2.05, 4.69) is 0 Å². The van der Waals surface area contributed by atoms with E-state index in [1.807, 2.05) is 60.7 Å². The van der Waals surface area contributed by atoms with Crippen molar-refractivity contribution in [3.8, 4) is 0 Å². The zero-order chi connectivity index (χ0) is 16.8. The Morgan fingerprint density at radius 3 is 2.42 bits per heavy atom. The van der Waals surface area contributed by atoms with Crippen molar-refractivity contribution in [2.75, 3.05) is 12.4 Å². The highest BCUT2D eigenvalue weighted by Crippen LogP contribution is 2.20. The molecule has 0 spiro atoms. The maximum Gasteiger partial charge on any atom is 0.410 e. The predicted molar refractivity (Wildman–Crippen MR) is 94.1 cm³/mol. The summed E-state index contributed by atoms with van der Waals surface area (Å²) in [6.07, 6.45) is 1.35. The molecular weight excluding hydrogens is 322 g/mol. The second-order valence-electron chi connectivity index (χ2n) is 5.85. The summed E-state index contributed by atoms with van der Waals surface area (Å²) in [5, 5.41) is 0. The molecule has 0 aliphatic carbocycles. The van der Waals surface area contributed by atoms with E-state index in [4.69, 9.17) is 4.74 Å². The van der Waals surface area contributed by atoms with Crippen molar-refractivity contribution < 1.29 is 13.7 Å². The molecule has 4 nitrogen and oxygen atoms in total. The summed E-state index contributed by atoms with van der Waals surface area (Å²) in [6, 6.07) is 19.5. The molecule has 2 aromatic rings. The summed E-state index contributed by atoms with van der Waals surface area (Å²) in [7, 11) is -0.986. The maximum atomic E-state index is 12.3. The van der Waals surface area contributed by atoms with Crippen molar-refractivity contribution in [1.82, 2.24) is 4.90 Å². The van der Waals surface area contributed by atoms with Crippen LogP contribution in [0, 0.1) is 0 Å². The normalized spacial score (nSPS) is 18.4. The van der Waals surface area contributed by atoms with Crippen LogP contribution in [-0.2, 0) is 22.1 Å². The van der Waals surface area contributed by atoms with Gasteiger partial charge in [-0.2, -0.15) is 0 Å². The van der Waals surface area contributed by atoms with Gasteiger partial charge in [0.05, 0.1) is 16.8 Å². The summed E-state index contributed by atoms with van der Waals surface area (Å²) >= 11 is 0. The number of amides is 1. The molecular formula is C19H21NO3S. The van der Waals surface area contributed by atoms with Gasteiger partial charge in [-0.05, 0) is 30.5 Å². The van der Waals surface area contributed by atoms with Crippen LogP contribution in [0.25, 0.3) is 0 Å². The minimum absolute atomic E-state index is 0.0606. The Morgan fingerprint density at radius 2 is 1.71 bits per heavy atom. The third kappa shape index (κ3) is 4.23. The van der Waals surface area contributed by atoms with Gasteiger partial charge in [0.1, 0.15) is 6.61 Å². The Kier molecular flexibility index (Phi) is 5.64. The summed E-state index contributed by atoms with van der Waals surface area (Å²) in [4.78, 5) is 14.6.